The van der Waals surface area contributed by atoms with Gasteiger partial charge in [-0.15, -0.1) is 0 Å². The predicted molar refractivity (Wildman–Crippen MR) is 86.6 cm³/mol. The molecule has 0 saturated carbocycles. The van der Waals surface area contributed by atoms with E-state index >= 15 is 0 Å². The first-order valence-electron chi connectivity index (χ1n) is 6.85. The zero-order chi connectivity index (χ0) is 15.5. The summed E-state index contributed by atoms with van der Waals surface area (Å²) in [4.78, 5) is 3.65. The van der Waals surface area contributed by atoms with Gasteiger partial charge in [0.05, 0.1) is 23.0 Å². The van der Waals surface area contributed by atoms with E-state index in [1.165, 1.54) is 6.20 Å². The Morgan fingerprint density at radius 1 is 1.14 bits per heavy atom. The molecular formula is C17H14ClFN2O. The number of pyridine rings is 1. The van der Waals surface area contributed by atoms with Crippen molar-refractivity contribution in [3.8, 4) is 0 Å². The minimum Gasteiger partial charge on any atom is -0.387 e. The van der Waals surface area contributed by atoms with E-state index in [-0.39, 0.29) is 17.3 Å². The Morgan fingerprint density at radius 3 is 2.68 bits per heavy atom. The third-order valence-corrected chi connectivity index (χ3v) is 3.77. The molecule has 1 heterocycles. The molecule has 2 N–H and O–H groups in total. The van der Waals surface area contributed by atoms with E-state index in [2.05, 4.69) is 10.3 Å². The summed E-state index contributed by atoms with van der Waals surface area (Å²) in [5, 5.41) is 15.5. The Labute approximate surface area is 132 Å². The van der Waals surface area contributed by atoms with Gasteiger partial charge in [-0.05, 0) is 22.4 Å². The molecule has 0 spiro atoms. The van der Waals surface area contributed by atoms with Gasteiger partial charge in [0.1, 0.15) is 0 Å². The second kappa shape index (κ2) is 6.30. The van der Waals surface area contributed by atoms with Crippen molar-refractivity contribution in [1.82, 2.24) is 4.98 Å². The molecule has 1 atom stereocenters. The number of halogens is 2. The van der Waals surface area contributed by atoms with Gasteiger partial charge in [0, 0.05) is 12.7 Å². The molecule has 0 amide bonds. The van der Waals surface area contributed by atoms with Gasteiger partial charge in [0.25, 0.3) is 0 Å². The van der Waals surface area contributed by atoms with Crippen LogP contribution in [-0.2, 0) is 0 Å². The summed E-state index contributed by atoms with van der Waals surface area (Å²) in [6, 6.07) is 13.6. The first kappa shape index (κ1) is 14.8. The van der Waals surface area contributed by atoms with Gasteiger partial charge in [-0.2, -0.15) is 0 Å². The maximum atomic E-state index is 13.6. The van der Waals surface area contributed by atoms with E-state index in [4.69, 9.17) is 11.6 Å². The largest absolute Gasteiger partial charge is 0.387 e. The van der Waals surface area contributed by atoms with E-state index in [9.17, 15) is 9.50 Å². The molecule has 0 aliphatic carbocycles. The van der Waals surface area contributed by atoms with Gasteiger partial charge in [0.2, 0.25) is 0 Å². The average Bonchev–Trinajstić information content (AvgIpc) is 2.53. The molecule has 112 valence electrons. The van der Waals surface area contributed by atoms with Crippen molar-refractivity contribution in [2.45, 2.75) is 6.10 Å². The van der Waals surface area contributed by atoms with Crippen LogP contribution < -0.4 is 5.32 Å². The van der Waals surface area contributed by atoms with Crippen LogP contribution in [0.15, 0.2) is 54.9 Å². The maximum absolute atomic E-state index is 13.6. The maximum Gasteiger partial charge on any atom is 0.166 e. The lowest BCUT2D eigenvalue weighted by Crippen LogP contribution is -2.13. The van der Waals surface area contributed by atoms with Crippen molar-refractivity contribution >= 4 is 28.1 Å². The number of aliphatic hydroxyl groups is 1. The smallest absolute Gasteiger partial charge is 0.166 e. The summed E-state index contributed by atoms with van der Waals surface area (Å²) in [7, 11) is 0. The first-order valence-corrected chi connectivity index (χ1v) is 7.22. The number of hydrogen-bond acceptors (Lipinski definition) is 3. The first-order chi connectivity index (χ1) is 10.6. The quantitative estimate of drug-likeness (QED) is 0.759. The topological polar surface area (TPSA) is 45.1 Å². The van der Waals surface area contributed by atoms with Gasteiger partial charge < -0.3 is 10.4 Å². The summed E-state index contributed by atoms with van der Waals surface area (Å²) >= 11 is 5.89. The highest BCUT2D eigenvalue weighted by atomic mass is 35.5. The fraction of sp³-hybridized carbons (Fsp3) is 0.118. The molecule has 0 radical (unpaired) electrons. The molecule has 3 aromatic rings. The van der Waals surface area contributed by atoms with Crippen LogP contribution in [0.5, 0.6) is 0 Å². The van der Waals surface area contributed by atoms with E-state index < -0.39 is 11.9 Å². The minimum atomic E-state index is -0.770. The Morgan fingerprint density at radius 2 is 1.91 bits per heavy atom. The van der Waals surface area contributed by atoms with E-state index in [1.54, 1.807) is 0 Å². The van der Waals surface area contributed by atoms with Crippen molar-refractivity contribution in [2.24, 2.45) is 0 Å². The lowest BCUT2D eigenvalue weighted by Gasteiger charge is -2.15. The number of anilines is 1. The van der Waals surface area contributed by atoms with Crippen LogP contribution in [0.2, 0.25) is 5.02 Å². The molecule has 22 heavy (non-hydrogen) atoms. The molecular weight excluding hydrogens is 303 g/mol. The summed E-state index contributed by atoms with van der Waals surface area (Å²) in [6.45, 7) is 0.152. The number of benzene rings is 2. The van der Waals surface area contributed by atoms with Crippen molar-refractivity contribution in [3.63, 3.8) is 0 Å². The highest BCUT2D eigenvalue weighted by Crippen LogP contribution is 2.25. The van der Waals surface area contributed by atoms with Gasteiger partial charge in [-0.3, -0.25) is 4.98 Å². The number of aliphatic hydroxyl groups excluding tert-OH is 1. The summed E-state index contributed by atoms with van der Waals surface area (Å²) in [5.74, 6) is -0.543. The third kappa shape index (κ3) is 3.03. The van der Waals surface area contributed by atoms with Crippen LogP contribution in [0.4, 0.5) is 10.1 Å². The Bertz CT molecular complexity index is 789. The van der Waals surface area contributed by atoms with Crippen molar-refractivity contribution < 1.29 is 9.50 Å². The third-order valence-electron chi connectivity index (χ3n) is 3.48. The second-order valence-electron chi connectivity index (χ2n) is 4.98. The molecule has 0 aliphatic heterocycles. The molecule has 1 aromatic heterocycles. The Hall–Kier alpha value is -2.17. The van der Waals surface area contributed by atoms with E-state index in [0.717, 1.165) is 22.5 Å². The lowest BCUT2D eigenvalue weighted by atomic mass is 10.0. The van der Waals surface area contributed by atoms with Gasteiger partial charge >= 0.3 is 0 Å². The monoisotopic (exact) mass is 316 g/mol. The molecule has 0 aliphatic rings. The number of aromatic nitrogens is 1. The van der Waals surface area contributed by atoms with Gasteiger partial charge in [-0.25, -0.2) is 4.39 Å². The fourth-order valence-electron chi connectivity index (χ4n) is 2.31. The van der Waals surface area contributed by atoms with Gasteiger partial charge in [0.15, 0.2) is 5.82 Å². The normalized spacial score (nSPS) is 12.3. The zero-order valence-electron chi connectivity index (χ0n) is 11.6. The number of fused-ring (bicyclic) bond motifs is 1. The molecule has 0 fully saturated rings. The number of rotatable bonds is 4. The van der Waals surface area contributed by atoms with E-state index in [0.29, 0.717) is 0 Å². The summed E-state index contributed by atoms with van der Waals surface area (Å²) in [5.41, 5.74) is 0.910. The van der Waals surface area contributed by atoms with Crippen LogP contribution in [0.25, 0.3) is 10.8 Å². The molecule has 3 rings (SSSR count). The van der Waals surface area contributed by atoms with Crippen LogP contribution >= 0.6 is 11.6 Å². The van der Waals surface area contributed by atoms with Crippen molar-refractivity contribution in [3.05, 3.63) is 71.3 Å². The molecule has 5 heteroatoms. The van der Waals surface area contributed by atoms with Crippen LogP contribution in [-0.4, -0.2) is 16.6 Å². The minimum absolute atomic E-state index is 0.150. The van der Waals surface area contributed by atoms with Crippen LogP contribution in [0, 0.1) is 5.82 Å². The fourth-order valence-corrected chi connectivity index (χ4v) is 2.53. The second-order valence-corrected chi connectivity index (χ2v) is 5.39. The molecule has 3 nitrogen and oxygen atoms in total. The summed E-state index contributed by atoms with van der Waals surface area (Å²) in [6.07, 6.45) is 1.67. The average molecular weight is 317 g/mol. The van der Waals surface area contributed by atoms with Gasteiger partial charge in [-0.1, -0.05) is 48.0 Å². The molecule has 0 saturated heterocycles. The molecule has 1 unspecified atom stereocenters. The zero-order valence-corrected chi connectivity index (χ0v) is 12.4. The summed E-state index contributed by atoms with van der Waals surface area (Å²) < 4.78 is 13.6. The standard InChI is InChI=1S/C17H14ClFN2O/c18-14-8-20-9-15(19)17(14)21-10-16(22)13-6-5-11-3-1-2-4-12(11)7-13/h1-9,16,22H,10H2,(H,20,21). The van der Waals surface area contributed by atoms with Crippen LogP contribution in [0.3, 0.4) is 0 Å². The van der Waals surface area contributed by atoms with Crippen LogP contribution in [0.1, 0.15) is 11.7 Å². The van der Waals surface area contributed by atoms with Crippen molar-refractivity contribution in [2.75, 3.05) is 11.9 Å². The SMILES string of the molecule is OC(CNc1c(F)cncc1Cl)c1ccc2ccccc2c1. The lowest BCUT2D eigenvalue weighted by molar-refractivity contribution is 0.191. The number of hydrogen-bond donors (Lipinski definition) is 2. The highest BCUT2D eigenvalue weighted by Gasteiger charge is 2.12. The number of nitrogens with zero attached hydrogens (tertiary/aromatic N) is 1. The van der Waals surface area contributed by atoms with Crippen molar-refractivity contribution in [1.29, 1.82) is 0 Å². The predicted octanol–water partition coefficient (Wildman–Crippen LogP) is 4.17. The highest BCUT2D eigenvalue weighted by molar-refractivity contribution is 6.33. The molecule has 2 aromatic carbocycles. The number of nitrogens with one attached hydrogen (secondary N) is 1. The molecule has 0 bridgehead atoms. The van der Waals surface area contributed by atoms with E-state index in [1.807, 2.05) is 42.5 Å². The Kier molecular flexibility index (Phi) is 4.22. The Balaban J connectivity index is 1.77.